The molecule has 0 radical (unpaired) electrons. The molecule has 1 aliphatic rings. The van der Waals surface area contributed by atoms with Gasteiger partial charge in [0.2, 0.25) is 11.9 Å². The first kappa shape index (κ1) is 21.1. The Labute approximate surface area is 192 Å². The summed E-state index contributed by atoms with van der Waals surface area (Å²) in [4.78, 5) is 18.8. The molecule has 4 aromatic rings. The molecule has 3 heterocycles. The van der Waals surface area contributed by atoms with E-state index in [9.17, 15) is 0 Å². The molecule has 2 aromatic heterocycles. The largest absolute Gasteiger partial charge is 0.493 e. The smallest absolute Gasteiger partial charge is 0.228 e. The van der Waals surface area contributed by atoms with Crippen molar-refractivity contribution in [1.29, 1.82) is 0 Å². The molecule has 33 heavy (non-hydrogen) atoms. The fraction of sp³-hybridized carbons (Fsp3) is 0.375. The van der Waals surface area contributed by atoms with Gasteiger partial charge in [-0.3, -0.25) is 0 Å². The molecule has 0 spiro atoms. The molecule has 0 atom stereocenters. The number of benzene rings is 2. The topological polar surface area (TPSA) is 94.6 Å². The number of nitrogen functional groups attached to an aromatic ring is 1. The third-order valence-electron chi connectivity index (χ3n) is 6.15. The lowest BCUT2D eigenvalue weighted by atomic mass is 10.2. The van der Waals surface area contributed by atoms with Crippen molar-refractivity contribution in [3.05, 3.63) is 36.4 Å². The van der Waals surface area contributed by atoms with Gasteiger partial charge in [0.25, 0.3) is 0 Å². The maximum Gasteiger partial charge on any atom is 0.228 e. The second-order valence-corrected chi connectivity index (χ2v) is 8.16. The molecule has 0 saturated carbocycles. The van der Waals surface area contributed by atoms with Gasteiger partial charge in [0.05, 0.1) is 30.8 Å². The molecular weight excluding hydrogens is 418 g/mol. The van der Waals surface area contributed by atoms with Gasteiger partial charge in [-0.1, -0.05) is 19.1 Å². The summed E-state index contributed by atoms with van der Waals surface area (Å²) in [5, 5.41) is 0.753. The lowest BCUT2D eigenvalue weighted by molar-refractivity contribution is 0.356. The van der Waals surface area contributed by atoms with Crippen LogP contribution in [0.3, 0.4) is 0 Å². The molecule has 5 rings (SSSR count). The Bertz CT molecular complexity index is 1300. The standard InChI is InChI=1S/C24H29N7O2/c1-4-9-31-19-8-6-5-7-17(19)27-24(31)30-12-10-29(11-13-30)23-26-18-15-21(33-3)20(32-2)14-16(18)22(25)28-23/h5-8,14-15H,4,9-13H2,1-3H3,(H2,25,26,28). The average molecular weight is 448 g/mol. The van der Waals surface area contributed by atoms with Gasteiger partial charge in [-0.2, -0.15) is 4.98 Å². The van der Waals surface area contributed by atoms with E-state index in [0.29, 0.717) is 23.3 Å². The van der Waals surface area contributed by atoms with Gasteiger partial charge in [-0.05, 0) is 24.6 Å². The third kappa shape index (κ3) is 3.73. The molecule has 2 aromatic carbocycles. The number of hydrogen-bond acceptors (Lipinski definition) is 8. The van der Waals surface area contributed by atoms with Crippen molar-refractivity contribution in [3.8, 4) is 11.5 Å². The Morgan fingerprint density at radius 3 is 2.30 bits per heavy atom. The number of piperazine rings is 1. The molecule has 1 fully saturated rings. The van der Waals surface area contributed by atoms with Crippen molar-refractivity contribution >= 4 is 39.7 Å². The first-order chi connectivity index (χ1) is 16.1. The molecule has 0 bridgehead atoms. The van der Waals surface area contributed by atoms with Crippen molar-refractivity contribution in [1.82, 2.24) is 19.5 Å². The van der Waals surface area contributed by atoms with E-state index in [2.05, 4.69) is 44.5 Å². The second kappa shape index (κ2) is 8.65. The molecule has 0 aliphatic carbocycles. The zero-order valence-electron chi connectivity index (χ0n) is 19.3. The van der Waals surface area contributed by atoms with Gasteiger partial charge < -0.3 is 29.6 Å². The van der Waals surface area contributed by atoms with Crippen LogP contribution in [0.5, 0.6) is 11.5 Å². The second-order valence-electron chi connectivity index (χ2n) is 8.16. The number of hydrogen-bond donors (Lipinski definition) is 1. The molecule has 172 valence electrons. The first-order valence-electron chi connectivity index (χ1n) is 11.3. The van der Waals surface area contributed by atoms with Crippen molar-refractivity contribution in [2.24, 2.45) is 0 Å². The van der Waals surface area contributed by atoms with E-state index in [4.69, 9.17) is 25.2 Å². The Balaban J connectivity index is 1.40. The summed E-state index contributed by atoms with van der Waals surface area (Å²) in [5.41, 5.74) is 9.26. The number of nitrogens with zero attached hydrogens (tertiary/aromatic N) is 6. The summed E-state index contributed by atoms with van der Waals surface area (Å²) in [6, 6.07) is 12.0. The summed E-state index contributed by atoms with van der Waals surface area (Å²) >= 11 is 0. The highest BCUT2D eigenvalue weighted by atomic mass is 16.5. The van der Waals surface area contributed by atoms with E-state index in [1.165, 1.54) is 5.52 Å². The fourth-order valence-corrected chi connectivity index (χ4v) is 4.46. The van der Waals surface area contributed by atoms with Crippen LogP contribution in [0, 0.1) is 0 Å². The fourth-order valence-electron chi connectivity index (χ4n) is 4.46. The zero-order valence-corrected chi connectivity index (χ0v) is 19.3. The average Bonchev–Trinajstić information content (AvgIpc) is 3.22. The van der Waals surface area contributed by atoms with Crippen LogP contribution < -0.4 is 25.0 Å². The quantitative estimate of drug-likeness (QED) is 0.481. The minimum Gasteiger partial charge on any atom is -0.493 e. The van der Waals surface area contributed by atoms with Gasteiger partial charge in [0.15, 0.2) is 11.5 Å². The zero-order chi connectivity index (χ0) is 22.9. The number of ether oxygens (including phenoxy) is 2. The Morgan fingerprint density at radius 1 is 0.879 bits per heavy atom. The summed E-state index contributed by atoms with van der Waals surface area (Å²) in [6.07, 6.45) is 1.06. The Kier molecular flexibility index (Phi) is 5.53. The van der Waals surface area contributed by atoms with Gasteiger partial charge >= 0.3 is 0 Å². The number of fused-ring (bicyclic) bond motifs is 2. The van der Waals surface area contributed by atoms with Gasteiger partial charge in [-0.25, -0.2) is 9.97 Å². The lowest BCUT2D eigenvalue weighted by Crippen LogP contribution is -2.48. The molecule has 0 unspecified atom stereocenters. The van der Waals surface area contributed by atoms with E-state index < -0.39 is 0 Å². The van der Waals surface area contributed by atoms with Crippen LogP contribution in [-0.4, -0.2) is 59.9 Å². The number of rotatable bonds is 6. The van der Waals surface area contributed by atoms with Crippen LogP contribution in [0.15, 0.2) is 36.4 Å². The predicted molar refractivity (Wildman–Crippen MR) is 132 cm³/mol. The van der Waals surface area contributed by atoms with Crippen molar-refractivity contribution in [2.45, 2.75) is 19.9 Å². The number of imidazole rings is 1. The van der Waals surface area contributed by atoms with Crippen LogP contribution in [0.1, 0.15) is 13.3 Å². The van der Waals surface area contributed by atoms with Gasteiger partial charge in [-0.15, -0.1) is 0 Å². The van der Waals surface area contributed by atoms with Gasteiger partial charge in [0, 0.05) is 44.2 Å². The first-order valence-corrected chi connectivity index (χ1v) is 11.3. The number of para-hydroxylation sites is 2. The molecular formula is C24H29N7O2. The van der Waals surface area contributed by atoms with Crippen molar-refractivity contribution in [2.75, 3.05) is 55.9 Å². The molecule has 9 heteroatoms. The molecule has 1 aliphatic heterocycles. The number of aryl methyl sites for hydroxylation is 1. The molecule has 2 N–H and O–H groups in total. The molecule has 9 nitrogen and oxygen atoms in total. The summed E-state index contributed by atoms with van der Waals surface area (Å²) in [5.74, 6) is 3.33. The maximum atomic E-state index is 6.30. The van der Waals surface area contributed by atoms with E-state index in [-0.39, 0.29) is 0 Å². The highest BCUT2D eigenvalue weighted by Crippen LogP contribution is 2.34. The number of anilines is 3. The van der Waals surface area contributed by atoms with Crippen LogP contribution in [0.25, 0.3) is 21.9 Å². The number of aromatic nitrogens is 4. The molecule has 0 amide bonds. The van der Waals surface area contributed by atoms with Crippen LogP contribution in [-0.2, 0) is 6.54 Å². The van der Waals surface area contributed by atoms with Crippen LogP contribution in [0.4, 0.5) is 17.7 Å². The van der Waals surface area contributed by atoms with Crippen molar-refractivity contribution < 1.29 is 9.47 Å². The number of nitrogens with two attached hydrogens (primary N) is 1. The Hall–Kier alpha value is -3.75. The maximum absolute atomic E-state index is 6.30. The summed E-state index contributed by atoms with van der Waals surface area (Å²) in [7, 11) is 3.21. The lowest BCUT2D eigenvalue weighted by Gasteiger charge is -2.35. The summed E-state index contributed by atoms with van der Waals surface area (Å²) < 4.78 is 13.1. The van der Waals surface area contributed by atoms with Crippen LogP contribution >= 0.6 is 0 Å². The number of methoxy groups -OCH3 is 2. The SMILES string of the molecule is CCCn1c(N2CCN(c3nc(N)c4cc(OC)c(OC)cc4n3)CC2)nc2ccccc21. The predicted octanol–water partition coefficient (Wildman–Crippen LogP) is 3.32. The third-order valence-corrected chi connectivity index (χ3v) is 6.15. The molecule has 1 saturated heterocycles. The van der Waals surface area contributed by atoms with Crippen molar-refractivity contribution in [3.63, 3.8) is 0 Å². The highest BCUT2D eigenvalue weighted by molar-refractivity contribution is 5.91. The Morgan fingerprint density at radius 2 is 1.58 bits per heavy atom. The monoisotopic (exact) mass is 447 g/mol. The van der Waals surface area contributed by atoms with E-state index >= 15 is 0 Å². The normalized spacial score (nSPS) is 14.3. The van der Waals surface area contributed by atoms with Gasteiger partial charge in [0.1, 0.15) is 5.82 Å². The summed E-state index contributed by atoms with van der Waals surface area (Å²) in [6.45, 7) is 6.38. The van der Waals surface area contributed by atoms with E-state index in [1.807, 2.05) is 18.2 Å². The van der Waals surface area contributed by atoms with E-state index in [0.717, 1.165) is 61.5 Å². The minimum absolute atomic E-state index is 0.433. The minimum atomic E-state index is 0.433. The van der Waals surface area contributed by atoms with Crippen LogP contribution in [0.2, 0.25) is 0 Å². The van der Waals surface area contributed by atoms with E-state index in [1.54, 1.807) is 14.2 Å². The highest BCUT2D eigenvalue weighted by Gasteiger charge is 2.24.